The van der Waals surface area contributed by atoms with Crippen molar-refractivity contribution in [3.05, 3.63) is 38.2 Å². The quantitative estimate of drug-likeness (QED) is 0.310. The fraction of sp³-hybridized carbons (Fsp3) is 0.167. The molecule has 22 heavy (non-hydrogen) atoms. The van der Waals surface area contributed by atoms with E-state index in [-0.39, 0.29) is 21.6 Å². The zero-order valence-electron chi connectivity index (χ0n) is 11.0. The van der Waals surface area contributed by atoms with Crippen molar-refractivity contribution in [1.82, 2.24) is 4.98 Å². The molecule has 0 unspecified atom stereocenters. The average molecular weight is 441 g/mol. The second-order valence-corrected chi connectivity index (χ2v) is 9.57. The first kappa shape index (κ1) is 17.7. The molecule has 0 aromatic carbocycles. The van der Waals surface area contributed by atoms with E-state index in [4.69, 9.17) is 22.7 Å². The molecule has 0 atom stereocenters. The molecule has 0 aliphatic carbocycles. The summed E-state index contributed by atoms with van der Waals surface area (Å²) in [6, 6.07) is 3.23. The predicted molar refractivity (Wildman–Crippen MR) is 95.1 cm³/mol. The third-order valence-corrected chi connectivity index (χ3v) is 7.76. The van der Waals surface area contributed by atoms with Gasteiger partial charge in [0.15, 0.2) is 9.84 Å². The van der Waals surface area contributed by atoms with Gasteiger partial charge in [-0.2, -0.15) is 0 Å². The van der Waals surface area contributed by atoms with Crippen LogP contribution in [0.4, 0.5) is 0 Å². The third-order valence-electron chi connectivity index (χ3n) is 2.59. The molecule has 3 N–H and O–H groups in total. The predicted octanol–water partition coefficient (Wildman–Crippen LogP) is 3.41. The number of aromatic nitrogens is 1. The van der Waals surface area contributed by atoms with Crippen molar-refractivity contribution >= 4 is 66.3 Å². The van der Waals surface area contributed by atoms with Crippen molar-refractivity contribution < 1.29 is 8.42 Å². The minimum absolute atomic E-state index is 0.0152. The molecule has 0 aliphatic heterocycles. The topological polar surface area (TPSA) is 96.9 Å². The minimum atomic E-state index is -3.41. The lowest BCUT2D eigenvalue weighted by Gasteiger charge is -2.05. The van der Waals surface area contributed by atoms with Crippen molar-refractivity contribution in [3.63, 3.8) is 0 Å². The molecule has 0 saturated carbocycles. The molecule has 0 bridgehead atoms. The van der Waals surface area contributed by atoms with Crippen molar-refractivity contribution in [2.45, 2.75) is 9.79 Å². The number of halogens is 2. The lowest BCUT2D eigenvalue weighted by molar-refractivity contribution is 0.597. The summed E-state index contributed by atoms with van der Waals surface area (Å²) in [7, 11) is -3.41. The molecule has 2 aromatic rings. The molecule has 0 amide bonds. The van der Waals surface area contributed by atoms with Crippen LogP contribution in [0.3, 0.4) is 0 Å². The Balaban J connectivity index is 2.00. The number of pyridine rings is 1. The molecular weight excluding hydrogens is 430 g/mol. The summed E-state index contributed by atoms with van der Waals surface area (Å²) in [4.78, 5) is 5.55. The second-order valence-electron chi connectivity index (χ2n) is 4.17. The Bertz CT molecular complexity index is 808. The van der Waals surface area contributed by atoms with Crippen molar-refractivity contribution in [2.24, 2.45) is 5.73 Å². The number of rotatable bonds is 6. The largest absolute Gasteiger partial charge is 0.383 e. The molecule has 0 fully saturated rings. The van der Waals surface area contributed by atoms with Gasteiger partial charge in [0, 0.05) is 22.2 Å². The minimum Gasteiger partial charge on any atom is -0.383 e. The SMILES string of the molecule is N=C(N)c1cc(SCCS(=O)(=O)c2cnc(Cl)c(Br)c2)cs1. The molecule has 0 radical (unpaired) electrons. The Morgan fingerprint density at radius 2 is 2.23 bits per heavy atom. The summed E-state index contributed by atoms with van der Waals surface area (Å²) < 4.78 is 24.9. The van der Waals surface area contributed by atoms with Crippen LogP contribution in [0.25, 0.3) is 0 Å². The highest BCUT2D eigenvalue weighted by Crippen LogP contribution is 2.27. The van der Waals surface area contributed by atoms with E-state index in [0.29, 0.717) is 15.1 Å². The molecular formula is C12H11BrClN3O2S3. The summed E-state index contributed by atoms with van der Waals surface area (Å²) in [5, 5.41) is 9.42. The zero-order valence-corrected chi connectivity index (χ0v) is 15.8. The molecule has 118 valence electrons. The molecule has 2 aromatic heterocycles. The van der Waals surface area contributed by atoms with Gasteiger partial charge >= 0.3 is 0 Å². The molecule has 10 heteroatoms. The number of sulfone groups is 1. The summed E-state index contributed by atoms with van der Waals surface area (Å²) in [6.07, 6.45) is 1.26. The second kappa shape index (κ2) is 7.31. The maximum absolute atomic E-state index is 12.2. The summed E-state index contributed by atoms with van der Waals surface area (Å²) in [5.74, 6) is 0.400. The van der Waals surface area contributed by atoms with E-state index in [0.717, 1.165) is 4.90 Å². The number of thioether (sulfide) groups is 1. The highest BCUT2D eigenvalue weighted by atomic mass is 79.9. The first-order valence-electron chi connectivity index (χ1n) is 5.89. The Kier molecular flexibility index (Phi) is 5.89. The Hall–Kier alpha value is -0.610. The molecule has 2 heterocycles. The van der Waals surface area contributed by atoms with Gasteiger partial charge in [-0.3, -0.25) is 5.41 Å². The fourth-order valence-corrected chi connectivity index (χ4v) is 5.62. The van der Waals surface area contributed by atoms with E-state index in [1.807, 2.05) is 5.38 Å². The van der Waals surface area contributed by atoms with Crippen molar-refractivity contribution in [2.75, 3.05) is 11.5 Å². The van der Waals surface area contributed by atoms with E-state index in [1.54, 1.807) is 6.07 Å². The first-order chi connectivity index (χ1) is 10.3. The van der Waals surface area contributed by atoms with Gasteiger partial charge in [0.2, 0.25) is 0 Å². The number of hydrogen-bond donors (Lipinski definition) is 2. The van der Waals surface area contributed by atoms with Gasteiger partial charge in [-0.1, -0.05) is 11.6 Å². The highest BCUT2D eigenvalue weighted by molar-refractivity contribution is 9.10. The van der Waals surface area contributed by atoms with Crippen LogP contribution in [0.15, 0.2) is 38.0 Å². The van der Waals surface area contributed by atoms with Gasteiger partial charge in [-0.15, -0.1) is 23.1 Å². The Morgan fingerprint density at radius 3 is 2.82 bits per heavy atom. The average Bonchev–Trinajstić information content (AvgIpc) is 2.90. The van der Waals surface area contributed by atoms with Crippen LogP contribution in [0, 0.1) is 5.41 Å². The molecule has 0 aliphatic rings. The molecule has 0 saturated heterocycles. The van der Waals surface area contributed by atoms with Crippen LogP contribution < -0.4 is 5.73 Å². The maximum atomic E-state index is 12.2. The van der Waals surface area contributed by atoms with Gasteiger partial charge in [-0.25, -0.2) is 13.4 Å². The van der Waals surface area contributed by atoms with Crippen LogP contribution in [-0.2, 0) is 9.84 Å². The lowest BCUT2D eigenvalue weighted by Crippen LogP contribution is -2.09. The number of hydrogen-bond acceptors (Lipinski definition) is 6. The van der Waals surface area contributed by atoms with Gasteiger partial charge in [-0.05, 0) is 28.1 Å². The van der Waals surface area contributed by atoms with Crippen LogP contribution in [0.2, 0.25) is 5.15 Å². The smallest absolute Gasteiger partial charge is 0.180 e. The summed E-state index contributed by atoms with van der Waals surface area (Å²) >= 11 is 11.7. The number of nitrogen functional groups attached to an aromatic ring is 1. The standard InChI is InChI=1S/C12H11BrClN3O2S3/c13-9-4-8(5-17-11(9)14)22(18,19)2-1-20-7-3-10(12(15)16)21-6-7/h3-6H,1-2H2,(H3,15,16). The van der Waals surface area contributed by atoms with Crippen LogP contribution in [0.1, 0.15) is 4.88 Å². The zero-order chi connectivity index (χ0) is 16.3. The Labute approximate surface area is 149 Å². The van der Waals surface area contributed by atoms with Gasteiger partial charge in [0.1, 0.15) is 11.0 Å². The number of nitrogens with two attached hydrogens (primary N) is 1. The number of nitrogens with zero attached hydrogens (tertiary/aromatic N) is 1. The van der Waals surface area contributed by atoms with Crippen LogP contribution in [-0.4, -0.2) is 30.7 Å². The lowest BCUT2D eigenvalue weighted by atomic mass is 10.4. The number of thiophene rings is 1. The third kappa shape index (κ3) is 4.45. The van der Waals surface area contributed by atoms with Crippen LogP contribution >= 0.6 is 50.6 Å². The maximum Gasteiger partial charge on any atom is 0.180 e. The molecule has 0 spiro atoms. The summed E-state index contributed by atoms with van der Waals surface area (Å²) in [6.45, 7) is 0. The monoisotopic (exact) mass is 439 g/mol. The van der Waals surface area contributed by atoms with E-state index >= 15 is 0 Å². The van der Waals surface area contributed by atoms with Crippen LogP contribution in [0.5, 0.6) is 0 Å². The van der Waals surface area contributed by atoms with E-state index < -0.39 is 9.84 Å². The molecule has 2 rings (SSSR count). The number of amidine groups is 1. The first-order valence-corrected chi connectivity index (χ1v) is 10.6. The van der Waals surface area contributed by atoms with Crippen molar-refractivity contribution in [1.29, 1.82) is 5.41 Å². The van der Waals surface area contributed by atoms with Crippen molar-refractivity contribution in [3.8, 4) is 0 Å². The van der Waals surface area contributed by atoms with Gasteiger partial charge in [0.05, 0.1) is 20.0 Å². The normalized spacial score (nSPS) is 11.5. The highest BCUT2D eigenvalue weighted by Gasteiger charge is 2.16. The Morgan fingerprint density at radius 1 is 1.50 bits per heavy atom. The number of nitrogens with one attached hydrogen (secondary N) is 1. The van der Waals surface area contributed by atoms with Gasteiger partial charge in [0.25, 0.3) is 0 Å². The molecule has 5 nitrogen and oxygen atoms in total. The fourth-order valence-electron chi connectivity index (χ4n) is 1.50. The van der Waals surface area contributed by atoms with E-state index in [9.17, 15) is 8.42 Å². The van der Waals surface area contributed by atoms with E-state index in [2.05, 4.69) is 20.9 Å². The van der Waals surface area contributed by atoms with E-state index in [1.165, 1.54) is 35.4 Å². The summed E-state index contributed by atoms with van der Waals surface area (Å²) in [5.41, 5.74) is 5.39. The van der Waals surface area contributed by atoms with Gasteiger partial charge < -0.3 is 5.73 Å².